The van der Waals surface area contributed by atoms with E-state index in [1.54, 1.807) is 17.0 Å². The van der Waals surface area contributed by atoms with Crippen molar-refractivity contribution in [1.82, 2.24) is 0 Å². The fourth-order valence-electron chi connectivity index (χ4n) is 3.12. The number of rotatable bonds is 4. The summed E-state index contributed by atoms with van der Waals surface area (Å²) in [4.78, 5) is 11.8. The van der Waals surface area contributed by atoms with Gasteiger partial charge in [0.2, 0.25) is 10.0 Å². The lowest BCUT2D eigenvalue weighted by molar-refractivity contribution is -0.385. The van der Waals surface area contributed by atoms with Crippen LogP contribution in [0.3, 0.4) is 0 Å². The van der Waals surface area contributed by atoms with Crippen LogP contribution in [0.25, 0.3) is 0 Å². The van der Waals surface area contributed by atoms with E-state index in [-0.39, 0.29) is 34.7 Å². The molecule has 2 atom stereocenters. The number of primary sulfonamides is 1. The van der Waals surface area contributed by atoms with E-state index < -0.39 is 21.1 Å². The smallest absolute Gasteiger partial charge is 0.270 e. The molecule has 0 bridgehead atoms. The molecule has 8 nitrogen and oxygen atoms in total. The second kappa shape index (κ2) is 7.22. The van der Waals surface area contributed by atoms with Crippen LogP contribution in [0.4, 0.5) is 15.8 Å². The molecular formula is C17H18FN3O5S. The predicted molar refractivity (Wildman–Crippen MR) is 96.4 cm³/mol. The fourth-order valence-corrected chi connectivity index (χ4v) is 3.89. The molecule has 2 unspecified atom stereocenters. The number of nitrogens with two attached hydrogens (primary N) is 1. The lowest BCUT2D eigenvalue weighted by Gasteiger charge is -2.39. The maximum Gasteiger partial charge on any atom is 0.270 e. The standard InChI is InChI=1S/C17H18FN3O5S/c1-11-9-20(10-16(26-11)12-2-4-13(18)5-3-12)15-7-6-14(21(22)23)8-17(15)27(19,24)25/h2-8,11,16H,9-10H2,1H3,(H2,19,24,25). The fraction of sp³-hybridized carbons (Fsp3) is 0.294. The van der Waals surface area contributed by atoms with Crippen molar-refractivity contribution >= 4 is 21.4 Å². The first-order chi connectivity index (χ1) is 12.6. The molecule has 0 amide bonds. The summed E-state index contributed by atoms with van der Waals surface area (Å²) in [6, 6.07) is 9.42. The Labute approximate surface area is 155 Å². The van der Waals surface area contributed by atoms with Crippen LogP contribution in [-0.2, 0) is 14.8 Å². The highest BCUT2D eigenvalue weighted by molar-refractivity contribution is 7.89. The number of hydrogen-bond donors (Lipinski definition) is 1. The lowest BCUT2D eigenvalue weighted by Crippen LogP contribution is -2.43. The summed E-state index contributed by atoms with van der Waals surface area (Å²) in [5, 5.41) is 16.3. The summed E-state index contributed by atoms with van der Waals surface area (Å²) in [6.45, 7) is 2.49. The number of sulfonamides is 1. The minimum Gasteiger partial charge on any atom is -0.367 e. The van der Waals surface area contributed by atoms with Crippen molar-refractivity contribution in [2.24, 2.45) is 5.14 Å². The molecule has 0 spiro atoms. The van der Waals surface area contributed by atoms with Crippen molar-refractivity contribution in [1.29, 1.82) is 0 Å². The van der Waals surface area contributed by atoms with Gasteiger partial charge in [0.05, 0.1) is 16.7 Å². The summed E-state index contributed by atoms with van der Waals surface area (Å²) in [6.07, 6.45) is -0.671. The first kappa shape index (κ1) is 19.2. The summed E-state index contributed by atoms with van der Waals surface area (Å²) >= 11 is 0. The monoisotopic (exact) mass is 395 g/mol. The van der Waals surface area contributed by atoms with E-state index in [0.717, 1.165) is 11.6 Å². The number of halogens is 1. The van der Waals surface area contributed by atoms with Crippen molar-refractivity contribution < 1.29 is 22.5 Å². The van der Waals surface area contributed by atoms with E-state index in [1.807, 2.05) is 6.92 Å². The van der Waals surface area contributed by atoms with Crippen molar-refractivity contribution in [2.75, 3.05) is 18.0 Å². The molecule has 3 rings (SSSR count). The number of benzene rings is 2. The Kier molecular flexibility index (Phi) is 5.13. The number of morpholine rings is 1. The van der Waals surface area contributed by atoms with E-state index in [1.165, 1.54) is 24.3 Å². The topological polar surface area (TPSA) is 116 Å². The van der Waals surface area contributed by atoms with Crippen LogP contribution in [0, 0.1) is 15.9 Å². The summed E-state index contributed by atoms with van der Waals surface area (Å²) in [5.74, 6) is -0.369. The summed E-state index contributed by atoms with van der Waals surface area (Å²) in [7, 11) is -4.18. The van der Waals surface area contributed by atoms with Crippen molar-refractivity contribution in [3.63, 3.8) is 0 Å². The van der Waals surface area contributed by atoms with E-state index >= 15 is 0 Å². The molecule has 0 aromatic heterocycles. The molecular weight excluding hydrogens is 377 g/mol. The molecule has 1 heterocycles. The maximum atomic E-state index is 13.2. The van der Waals surface area contributed by atoms with Crippen LogP contribution in [0.1, 0.15) is 18.6 Å². The van der Waals surface area contributed by atoms with Gasteiger partial charge in [-0.2, -0.15) is 0 Å². The number of ether oxygens (including phenoxy) is 1. The molecule has 1 fully saturated rings. The Morgan fingerprint density at radius 3 is 2.48 bits per heavy atom. The van der Waals surface area contributed by atoms with Crippen molar-refractivity contribution in [3.05, 3.63) is 64.0 Å². The minimum absolute atomic E-state index is 0.252. The van der Waals surface area contributed by atoms with Crippen LogP contribution in [0.2, 0.25) is 0 Å². The third-order valence-corrected chi connectivity index (χ3v) is 5.24. The van der Waals surface area contributed by atoms with Gasteiger partial charge in [-0.05, 0) is 30.7 Å². The first-order valence-corrected chi connectivity index (χ1v) is 9.67. The highest BCUT2D eigenvalue weighted by atomic mass is 32.2. The zero-order chi connectivity index (χ0) is 19.8. The number of hydrogen-bond acceptors (Lipinski definition) is 6. The molecule has 1 saturated heterocycles. The van der Waals surface area contributed by atoms with Gasteiger partial charge in [0, 0.05) is 25.2 Å². The van der Waals surface area contributed by atoms with Gasteiger partial charge in [-0.3, -0.25) is 10.1 Å². The van der Waals surface area contributed by atoms with Crippen LogP contribution in [0.5, 0.6) is 0 Å². The maximum absolute atomic E-state index is 13.2. The highest BCUT2D eigenvalue weighted by Gasteiger charge is 2.30. The van der Waals surface area contributed by atoms with E-state index in [2.05, 4.69) is 0 Å². The molecule has 10 heteroatoms. The average molecular weight is 395 g/mol. The number of anilines is 1. The molecule has 1 aliphatic heterocycles. The molecule has 0 aliphatic carbocycles. The number of nitro groups is 1. The summed E-state index contributed by atoms with van der Waals surface area (Å²) < 4.78 is 43.1. The number of nitrogens with zero attached hydrogens (tertiary/aromatic N) is 2. The molecule has 1 aliphatic rings. The molecule has 2 aromatic carbocycles. The van der Waals surface area contributed by atoms with E-state index in [4.69, 9.17) is 9.88 Å². The Hall–Kier alpha value is -2.56. The zero-order valence-corrected chi connectivity index (χ0v) is 15.2. The Balaban J connectivity index is 1.99. The van der Waals surface area contributed by atoms with Crippen LogP contribution >= 0.6 is 0 Å². The summed E-state index contributed by atoms with van der Waals surface area (Å²) in [5.41, 5.74) is 0.650. The van der Waals surface area contributed by atoms with Gasteiger partial charge >= 0.3 is 0 Å². The first-order valence-electron chi connectivity index (χ1n) is 8.12. The van der Waals surface area contributed by atoms with E-state index in [0.29, 0.717) is 6.54 Å². The van der Waals surface area contributed by atoms with Gasteiger partial charge in [-0.1, -0.05) is 12.1 Å². The Bertz CT molecular complexity index is 965. The van der Waals surface area contributed by atoms with Gasteiger partial charge in [-0.15, -0.1) is 0 Å². The third-order valence-electron chi connectivity index (χ3n) is 4.30. The largest absolute Gasteiger partial charge is 0.367 e. The molecule has 27 heavy (non-hydrogen) atoms. The quantitative estimate of drug-likeness (QED) is 0.627. The average Bonchev–Trinajstić information content (AvgIpc) is 2.60. The van der Waals surface area contributed by atoms with Gasteiger partial charge in [0.1, 0.15) is 16.8 Å². The Morgan fingerprint density at radius 1 is 1.22 bits per heavy atom. The normalized spacial score (nSPS) is 20.5. The minimum atomic E-state index is -4.18. The molecule has 0 radical (unpaired) electrons. The van der Waals surface area contributed by atoms with Gasteiger partial charge in [0.15, 0.2) is 0 Å². The van der Waals surface area contributed by atoms with E-state index in [9.17, 15) is 22.9 Å². The zero-order valence-electron chi connectivity index (χ0n) is 14.4. The lowest BCUT2D eigenvalue weighted by atomic mass is 10.1. The van der Waals surface area contributed by atoms with Crippen LogP contribution in [-0.4, -0.2) is 32.5 Å². The number of nitro benzene ring substituents is 1. The second-order valence-electron chi connectivity index (χ2n) is 6.35. The molecule has 2 N–H and O–H groups in total. The predicted octanol–water partition coefficient (Wildman–Crippen LogP) is 2.35. The second-order valence-corrected chi connectivity index (χ2v) is 7.88. The van der Waals surface area contributed by atoms with Crippen LogP contribution in [0.15, 0.2) is 47.4 Å². The van der Waals surface area contributed by atoms with Gasteiger partial charge in [-0.25, -0.2) is 17.9 Å². The van der Waals surface area contributed by atoms with Crippen LogP contribution < -0.4 is 10.0 Å². The number of non-ortho nitro benzene ring substituents is 1. The molecule has 144 valence electrons. The third kappa shape index (κ3) is 4.24. The highest BCUT2D eigenvalue weighted by Crippen LogP contribution is 2.34. The van der Waals surface area contributed by atoms with Crippen molar-refractivity contribution in [3.8, 4) is 0 Å². The Morgan fingerprint density at radius 2 is 1.89 bits per heavy atom. The van der Waals surface area contributed by atoms with Gasteiger partial charge < -0.3 is 9.64 Å². The molecule has 0 saturated carbocycles. The van der Waals surface area contributed by atoms with Gasteiger partial charge in [0.25, 0.3) is 5.69 Å². The SMILES string of the molecule is CC1CN(c2ccc([N+](=O)[O-])cc2S(N)(=O)=O)CC(c2ccc(F)cc2)O1. The van der Waals surface area contributed by atoms with Crippen molar-refractivity contribution in [2.45, 2.75) is 24.0 Å². The molecule has 2 aromatic rings.